The molecular weight excluding hydrogens is 410 g/mol. The molecule has 1 aliphatic heterocycles. The van der Waals surface area contributed by atoms with Gasteiger partial charge in [-0.25, -0.2) is 4.99 Å². The van der Waals surface area contributed by atoms with Gasteiger partial charge in [0.05, 0.1) is 12.5 Å². The molecule has 0 bridgehead atoms. The molecule has 166 valence electrons. The van der Waals surface area contributed by atoms with Crippen molar-refractivity contribution in [1.29, 1.82) is 0 Å². The minimum absolute atomic E-state index is 0.0316. The molecular formula is C24H32ClN5O. The number of primary amides is 1. The Bertz CT molecular complexity index is 884. The van der Waals surface area contributed by atoms with Crippen molar-refractivity contribution >= 4 is 23.5 Å². The molecule has 3 rings (SSSR count). The molecule has 1 unspecified atom stereocenters. The minimum atomic E-state index is -0.185. The third kappa shape index (κ3) is 7.56. The predicted molar refractivity (Wildman–Crippen MR) is 127 cm³/mol. The average molecular weight is 442 g/mol. The zero-order valence-corrected chi connectivity index (χ0v) is 18.9. The fourth-order valence-electron chi connectivity index (χ4n) is 3.82. The monoisotopic (exact) mass is 441 g/mol. The largest absolute Gasteiger partial charge is 0.369 e. The van der Waals surface area contributed by atoms with Gasteiger partial charge in [-0.3, -0.25) is 9.69 Å². The Morgan fingerprint density at radius 1 is 1.16 bits per heavy atom. The van der Waals surface area contributed by atoms with Crippen LogP contribution in [0.15, 0.2) is 53.5 Å². The zero-order chi connectivity index (χ0) is 22.1. The first kappa shape index (κ1) is 23.1. The van der Waals surface area contributed by atoms with Crippen molar-refractivity contribution in [2.75, 3.05) is 19.6 Å². The van der Waals surface area contributed by atoms with Crippen LogP contribution in [-0.2, 0) is 24.4 Å². The summed E-state index contributed by atoms with van der Waals surface area (Å²) in [5.74, 6) is 0.564. The number of amides is 1. The fourth-order valence-corrected chi connectivity index (χ4v) is 3.94. The number of hydrogen-bond acceptors (Lipinski definition) is 3. The topological polar surface area (TPSA) is 82.8 Å². The molecule has 1 amide bonds. The smallest absolute Gasteiger partial charge is 0.221 e. The molecule has 0 radical (unpaired) electrons. The Balaban J connectivity index is 1.57. The second kappa shape index (κ2) is 11.7. The van der Waals surface area contributed by atoms with Crippen LogP contribution in [0.3, 0.4) is 0 Å². The summed E-state index contributed by atoms with van der Waals surface area (Å²) in [6.45, 7) is 6.70. The summed E-state index contributed by atoms with van der Waals surface area (Å²) in [5, 5.41) is 7.39. The van der Waals surface area contributed by atoms with E-state index < -0.39 is 0 Å². The van der Waals surface area contributed by atoms with Crippen LogP contribution in [0.4, 0.5) is 0 Å². The number of carbonyl (C=O) groups is 1. The van der Waals surface area contributed by atoms with Gasteiger partial charge in [0, 0.05) is 31.2 Å². The molecule has 4 N–H and O–H groups in total. The predicted octanol–water partition coefficient (Wildman–Crippen LogP) is 3.29. The van der Waals surface area contributed by atoms with Crippen molar-refractivity contribution < 1.29 is 4.79 Å². The SMILES string of the molecule is CCNC(=NCc1cccc(CN2CCCC(C(N)=O)C2)c1)NCc1ccc(Cl)cc1. The Morgan fingerprint density at radius 3 is 2.68 bits per heavy atom. The molecule has 31 heavy (non-hydrogen) atoms. The number of carbonyl (C=O) groups excluding carboxylic acids is 1. The highest BCUT2D eigenvalue weighted by atomic mass is 35.5. The van der Waals surface area contributed by atoms with Crippen molar-refractivity contribution in [2.24, 2.45) is 16.6 Å². The summed E-state index contributed by atoms with van der Waals surface area (Å²) >= 11 is 5.96. The maximum atomic E-state index is 11.5. The number of nitrogens with zero attached hydrogens (tertiary/aromatic N) is 2. The number of halogens is 1. The molecule has 0 spiro atoms. The number of hydrogen-bond donors (Lipinski definition) is 3. The first-order valence-corrected chi connectivity index (χ1v) is 11.3. The summed E-state index contributed by atoms with van der Waals surface area (Å²) in [6.07, 6.45) is 1.92. The van der Waals surface area contributed by atoms with Crippen LogP contribution in [0.5, 0.6) is 0 Å². The van der Waals surface area contributed by atoms with E-state index in [1.807, 2.05) is 24.3 Å². The summed E-state index contributed by atoms with van der Waals surface area (Å²) in [6, 6.07) is 16.3. The Kier molecular flexibility index (Phi) is 8.74. The van der Waals surface area contributed by atoms with Crippen LogP contribution in [0, 0.1) is 5.92 Å². The molecule has 1 fully saturated rings. The standard InChI is InChI=1S/C24H32ClN5O/c1-2-27-24(28-14-18-8-10-22(25)11-9-18)29-15-19-5-3-6-20(13-19)16-30-12-4-7-21(17-30)23(26)31/h3,5-6,8-11,13,21H,2,4,7,12,14-17H2,1H3,(H2,26,31)(H2,27,28,29). The van der Waals surface area contributed by atoms with Gasteiger partial charge in [-0.1, -0.05) is 48.0 Å². The number of rotatable bonds is 8. The highest BCUT2D eigenvalue weighted by molar-refractivity contribution is 6.30. The van der Waals surface area contributed by atoms with Crippen LogP contribution in [0.2, 0.25) is 5.02 Å². The second-order valence-electron chi connectivity index (χ2n) is 7.97. The van der Waals surface area contributed by atoms with Gasteiger partial charge in [0.2, 0.25) is 5.91 Å². The van der Waals surface area contributed by atoms with Crippen LogP contribution < -0.4 is 16.4 Å². The molecule has 2 aromatic carbocycles. The van der Waals surface area contributed by atoms with Crippen LogP contribution in [-0.4, -0.2) is 36.4 Å². The zero-order valence-electron chi connectivity index (χ0n) is 18.1. The van der Waals surface area contributed by atoms with E-state index in [0.29, 0.717) is 13.1 Å². The fraction of sp³-hybridized carbons (Fsp3) is 0.417. The molecule has 1 aliphatic rings. The molecule has 0 aliphatic carbocycles. The number of nitrogens with one attached hydrogen (secondary N) is 2. The molecule has 1 heterocycles. The van der Waals surface area contributed by atoms with Crippen molar-refractivity contribution in [1.82, 2.24) is 15.5 Å². The number of guanidine groups is 1. The quantitative estimate of drug-likeness (QED) is 0.433. The lowest BCUT2D eigenvalue weighted by molar-refractivity contribution is -0.123. The van der Waals surface area contributed by atoms with Gasteiger partial charge >= 0.3 is 0 Å². The van der Waals surface area contributed by atoms with Crippen LogP contribution >= 0.6 is 11.6 Å². The minimum Gasteiger partial charge on any atom is -0.369 e. The lowest BCUT2D eigenvalue weighted by atomic mass is 9.97. The average Bonchev–Trinajstić information content (AvgIpc) is 2.77. The van der Waals surface area contributed by atoms with E-state index in [1.54, 1.807) is 0 Å². The molecule has 6 nitrogen and oxygen atoms in total. The van der Waals surface area contributed by atoms with Crippen molar-refractivity contribution in [3.05, 3.63) is 70.2 Å². The molecule has 2 aromatic rings. The van der Waals surface area contributed by atoms with E-state index in [0.717, 1.165) is 61.1 Å². The van der Waals surface area contributed by atoms with Crippen LogP contribution in [0.25, 0.3) is 0 Å². The summed E-state index contributed by atoms with van der Waals surface area (Å²) in [4.78, 5) is 18.6. The number of benzene rings is 2. The lowest BCUT2D eigenvalue weighted by Gasteiger charge is -2.31. The molecule has 0 aromatic heterocycles. The number of piperidine rings is 1. The summed E-state index contributed by atoms with van der Waals surface area (Å²) < 4.78 is 0. The molecule has 7 heteroatoms. The first-order valence-electron chi connectivity index (χ1n) is 10.9. The lowest BCUT2D eigenvalue weighted by Crippen LogP contribution is -2.40. The Labute approximate surface area is 189 Å². The van der Waals surface area contributed by atoms with E-state index in [1.165, 1.54) is 5.56 Å². The van der Waals surface area contributed by atoms with Crippen molar-refractivity contribution in [3.8, 4) is 0 Å². The van der Waals surface area contributed by atoms with Gasteiger partial charge in [0.1, 0.15) is 0 Å². The Hall–Kier alpha value is -2.57. The third-order valence-electron chi connectivity index (χ3n) is 5.44. The van der Waals surface area contributed by atoms with Crippen molar-refractivity contribution in [3.63, 3.8) is 0 Å². The van der Waals surface area contributed by atoms with E-state index in [-0.39, 0.29) is 11.8 Å². The second-order valence-corrected chi connectivity index (χ2v) is 8.41. The summed E-state index contributed by atoms with van der Waals surface area (Å²) in [7, 11) is 0. The van der Waals surface area contributed by atoms with Gasteiger partial charge < -0.3 is 16.4 Å². The van der Waals surface area contributed by atoms with E-state index in [4.69, 9.17) is 22.3 Å². The number of nitrogens with two attached hydrogens (primary N) is 1. The van der Waals surface area contributed by atoms with Gasteiger partial charge in [-0.05, 0) is 55.1 Å². The molecule has 1 atom stereocenters. The maximum Gasteiger partial charge on any atom is 0.221 e. The van der Waals surface area contributed by atoms with Gasteiger partial charge in [-0.15, -0.1) is 0 Å². The number of likely N-dealkylation sites (tertiary alicyclic amines) is 1. The van der Waals surface area contributed by atoms with Crippen molar-refractivity contribution in [2.45, 2.75) is 39.4 Å². The van der Waals surface area contributed by atoms with Gasteiger partial charge in [0.25, 0.3) is 0 Å². The highest BCUT2D eigenvalue weighted by Crippen LogP contribution is 2.19. The maximum absolute atomic E-state index is 11.5. The third-order valence-corrected chi connectivity index (χ3v) is 5.69. The highest BCUT2D eigenvalue weighted by Gasteiger charge is 2.23. The first-order chi connectivity index (χ1) is 15.0. The van der Waals surface area contributed by atoms with Crippen LogP contribution in [0.1, 0.15) is 36.5 Å². The number of aliphatic imine (C=N–C) groups is 1. The molecule has 0 saturated carbocycles. The van der Waals surface area contributed by atoms with E-state index >= 15 is 0 Å². The molecule has 1 saturated heterocycles. The normalized spacial score (nSPS) is 17.4. The Morgan fingerprint density at radius 2 is 1.94 bits per heavy atom. The van der Waals surface area contributed by atoms with E-state index in [9.17, 15) is 4.79 Å². The van der Waals surface area contributed by atoms with E-state index in [2.05, 4.69) is 46.7 Å². The van der Waals surface area contributed by atoms with Gasteiger partial charge in [-0.2, -0.15) is 0 Å². The summed E-state index contributed by atoms with van der Waals surface area (Å²) in [5.41, 5.74) is 9.05. The van der Waals surface area contributed by atoms with Gasteiger partial charge in [0.15, 0.2) is 5.96 Å².